The SMILES string of the molecule is Cc1cccc2nc(COC(=O)Cc3ccc(Cl)cc3)cc(=O)n12. The maximum absolute atomic E-state index is 12.2. The fraction of sp³-hybridized carbons (Fsp3) is 0.167. The molecular formula is C18H15ClN2O3. The molecule has 1 aromatic carbocycles. The molecule has 0 saturated heterocycles. The normalized spacial score (nSPS) is 10.8. The predicted octanol–water partition coefficient (Wildman–Crippen LogP) is 2.94. The van der Waals surface area contributed by atoms with Gasteiger partial charge in [-0.05, 0) is 36.8 Å². The van der Waals surface area contributed by atoms with E-state index in [4.69, 9.17) is 16.3 Å². The van der Waals surface area contributed by atoms with Gasteiger partial charge in [0.15, 0.2) is 0 Å². The Morgan fingerprint density at radius 2 is 1.96 bits per heavy atom. The number of aryl methyl sites for hydroxylation is 1. The number of benzene rings is 1. The van der Waals surface area contributed by atoms with Gasteiger partial charge in [-0.3, -0.25) is 14.0 Å². The molecule has 0 atom stereocenters. The largest absolute Gasteiger partial charge is 0.459 e. The van der Waals surface area contributed by atoms with Crippen molar-refractivity contribution in [2.75, 3.05) is 0 Å². The van der Waals surface area contributed by atoms with Crippen LogP contribution >= 0.6 is 11.6 Å². The second-order valence-electron chi connectivity index (χ2n) is 5.41. The number of hydrogen-bond donors (Lipinski definition) is 0. The zero-order valence-corrected chi connectivity index (χ0v) is 13.8. The van der Waals surface area contributed by atoms with Gasteiger partial charge in [-0.15, -0.1) is 0 Å². The van der Waals surface area contributed by atoms with Gasteiger partial charge in [0.2, 0.25) is 0 Å². The lowest BCUT2D eigenvalue weighted by Gasteiger charge is -2.07. The summed E-state index contributed by atoms with van der Waals surface area (Å²) in [5, 5.41) is 0.614. The molecule has 3 aromatic rings. The molecule has 0 amide bonds. The summed E-state index contributed by atoms with van der Waals surface area (Å²) in [6.07, 6.45) is 0.142. The average molecular weight is 343 g/mol. The molecule has 3 rings (SSSR count). The number of aromatic nitrogens is 2. The molecule has 0 radical (unpaired) electrons. The lowest BCUT2D eigenvalue weighted by atomic mass is 10.1. The molecular weight excluding hydrogens is 328 g/mol. The summed E-state index contributed by atoms with van der Waals surface area (Å²) in [5.41, 5.74) is 2.38. The molecule has 0 aliphatic rings. The first-order valence-electron chi connectivity index (χ1n) is 7.41. The number of carbonyl (C=O) groups is 1. The van der Waals surface area contributed by atoms with Gasteiger partial charge >= 0.3 is 5.97 Å². The van der Waals surface area contributed by atoms with Crippen LogP contribution in [0, 0.1) is 6.92 Å². The van der Waals surface area contributed by atoms with Crippen LogP contribution in [0.15, 0.2) is 53.3 Å². The van der Waals surface area contributed by atoms with E-state index in [9.17, 15) is 9.59 Å². The zero-order valence-electron chi connectivity index (χ0n) is 13.0. The first kappa shape index (κ1) is 16.2. The van der Waals surface area contributed by atoms with Crippen LogP contribution in [0.25, 0.3) is 5.65 Å². The Morgan fingerprint density at radius 3 is 2.71 bits per heavy atom. The van der Waals surface area contributed by atoms with E-state index < -0.39 is 0 Å². The van der Waals surface area contributed by atoms with Crippen LogP contribution in [0.1, 0.15) is 17.0 Å². The van der Waals surface area contributed by atoms with Crippen LogP contribution in [0.4, 0.5) is 0 Å². The minimum Gasteiger partial charge on any atom is -0.459 e. The van der Waals surface area contributed by atoms with Crippen molar-refractivity contribution in [3.05, 3.63) is 80.9 Å². The molecule has 0 unspecified atom stereocenters. The number of hydrogen-bond acceptors (Lipinski definition) is 4. The third-order valence-corrected chi connectivity index (χ3v) is 3.83. The van der Waals surface area contributed by atoms with Gasteiger partial charge in [-0.1, -0.05) is 29.8 Å². The molecule has 0 spiro atoms. The van der Waals surface area contributed by atoms with Gasteiger partial charge in [-0.2, -0.15) is 0 Å². The highest BCUT2D eigenvalue weighted by Crippen LogP contribution is 2.11. The van der Waals surface area contributed by atoms with Crippen LogP contribution in [0.5, 0.6) is 0 Å². The summed E-state index contributed by atoms with van der Waals surface area (Å²) in [6.45, 7) is 1.80. The van der Waals surface area contributed by atoms with Crippen LogP contribution in [-0.4, -0.2) is 15.4 Å². The van der Waals surface area contributed by atoms with Crippen molar-refractivity contribution >= 4 is 23.2 Å². The summed E-state index contributed by atoms with van der Waals surface area (Å²) >= 11 is 5.81. The lowest BCUT2D eigenvalue weighted by molar-refractivity contribution is -0.144. The Balaban J connectivity index is 1.70. The van der Waals surface area contributed by atoms with E-state index in [1.165, 1.54) is 10.5 Å². The molecule has 122 valence electrons. The number of pyridine rings is 1. The van der Waals surface area contributed by atoms with Crippen molar-refractivity contribution in [3.63, 3.8) is 0 Å². The molecule has 0 aliphatic heterocycles. The van der Waals surface area contributed by atoms with Crippen molar-refractivity contribution < 1.29 is 9.53 Å². The van der Waals surface area contributed by atoms with Crippen LogP contribution in [0.2, 0.25) is 5.02 Å². The summed E-state index contributed by atoms with van der Waals surface area (Å²) < 4.78 is 6.73. The van der Waals surface area contributed by atoms with Gasteiger partial charge < -0.3 is 4.74 Å². The van der Waals surface area contributed by atoms with E-state index >= 15 is 0 Å². The molecule has 6 heteroatoms. The summed E-state index contributed by atoms with van der Waals surface area (Å²) in [4.78, 5) is 28.4. The Bertz CT molecular complexity index is 949. The Morgan fingerprint density at radius 1 is 1.21 bits per heavy atom. The fourth-order valence-electron chi connectivity index (χ4n) is 2.41. The summed E-state index contributed by atoms with van der Waals surface area (Å²) in [6, 6.07) is 13.8. The molecule has 0 fully saturated rings. The first-order valence-corrected chi connectivity index (χ1v) is 7.79. The summed E-state index contributed by atoms with van der Waals surface area (Å²) in [7, 11) is 0. The Labute approximate surface area is 143 Å². The third kappa shape index (κ3) is 3.63. The molecule has 24 heavy (non-hydrogen) atoms. The molecule has 0 saturated carbocycles. The smallest absolute Gasteiger partial charge is 0.310 e. The highest BCUT2D eigenvalue weighted by atomic mass is 35.5. The number of halogens is 1. The van der Waals surface area contributed by atoms with Gasteiger partial charge in [0.25, 0.3) is 5.56 Å². The molecule has 0 N–H and O–H groups in total. The van der Waals surface area contributed by atoms with Crippen molar-refractivity contribution in [1.82, 2.24) is 9.38 Å². The first-order chi connectivity index (χ1) is 11.5. The second-order valence-corrected chi connectivity index (χ2v) is 5.85. The van der Waals surface area contributed by atoms with E-state index in [2.05, 4.69) is 4.98 Å². The van der Waals surface area contributed by atoms with E-state index in [0.717, 1.165) is 11.3 Å². The van der Waals surface area contributed by atoms with E-state index in [0.29, 0.717) is 16.4 Å². The van der Waals surface area contributed by atoms with Gasteiger partial charge in [0, 0.05) is 16.8 Å². The van der Waals surface area contributed by atoms with Gasteiger partial charge in [0.05, 0.1) is 12.1 Å². The lowest BCUT2D eigenvalue weighted by Crippen LogP contribution is -2.18. The standard InChI is InChI=1S/C18H15ClN2O3/c1-12-3-2-4-16-20-15(10-17(22)21(12)16)11-24-18(23)9-13-5-7-14(19)8-6-13/h2-8,10H,9,11H2,1H3. The van der Waals surface area contributed by atoms with Gasteiger partial charge in [-0.25, -0.2) is 4.98 Å². The van der Waals surface area contributed by atoms with E-state index in [1.807, 2.05) is 19.1 Å². The fourth-order valence-corrected chi connectivity index (χ4v) is 2.54. The Hall–Kier alpha value is -2.66. The van der Waals surface area contributed by atoms with Crippen molar-refractivity contribution in [2.45, 2.75) is 20.0 Å². The number of rotatable bonds is 4. The molecule has 5 nitrogen and oxygen atoms in total. The minimum absolute atomic E-state index is 0.0356. The van der Waals surface area contributed by atoms with Crippen molar-refractivity contribution in [2.24, 2.45) is 0 Å². The minimum atomic E-state index is -0.386. The van der Waals surface area contributed by atoms with Crippen molar-refractivity contribution in [1.29, 1.82) is 0 Å². The predicted molar refractivity (Wildman–Crippen MR) is 91.2 cm³/mol. The number of nitrogens with zero attached hydrogens (tertiary/aromatic N) is 2. The van der Waals surface area contributed by atoms with Gasteiger partial charge in [0.1, 0.15) is 12.3 Å². The second kappa shape index (κ2) is 6.84. The van der Waals surface area contributed by atoms with Crippen LogP contribution < -0.4 is 5.56 Å². The number of fused-ring (bicyclic) bond motifs is 1. The monoisotopic (exact) mass is 342 g/mol. The average Bonchev–Trinajstić information content (AvgIpc) is 2.55. The van der Waals surface area contributed by atoms with Crippen molar-refractivity contribution in [3.8, 4) is 0 Å². The number of carbonyl (C=O) groups excluding carboxylic acids is 1. The molecule has 0 aliphatic carbocycles. The highest BCUT2D eigenvalue weighted by molar-refractivity contribution is 6.30. The maximum atomic E-state index is 12.2. The third-order valence-electron chi connectivity index (χ3n) is 3.58. The van der Waals surface area contributed by atoms with Crippen LogP contribution in [-0.2, 0) is 22.6 Å². The van der Waals surface area contributed by atoms with E-state index in [1.54, 1.807) is 30.3 Å². The quantitative estimate of drug-likeness (QED) is 0.684. The van der Waals surface area contributed by atoms with Crippen LogP contribution in [0.3, 0.4) is 0 Å². The van der Waals surface area contributed by atoms with E-state index in [-0.39, 0.29) is 24.6 Å². The number of ether oxygens (including phenoxy) is 1. The number of esters is 1. The summed E-state index contributed by atoms with van der Waals surface area (Å²) in [5.74, 6) is -0.386. The maximum Gasteiger partial charge on any atom is 0.310 e. The highest BCUT2D eigenvalue weighted by Gasteiger charge is 2.08. The molecule has 2 heterocycles. The molecule has 2 aromatic heterocycles. The topological polar surface area (TPSA) is 60.7 Å². The zero-order chi connectivity index (χ0) is 17.1. The molecule has 0 bridgehead atoms. The Kier molecular flexibility index (Phi) is 4.62.